The van der Waals surface area contributed by atoms with E-state index in [0.717, 1.165) is 11.3 Å². The van der Waals surface area contributed by atoms with Crippen LogP contribution in [0.2, 0.25) is 0 Å². The van der Waals surface area contributed by atoms with Gasteiger partial charge in [-0.25, -0.2) is 0 Å². The second-order valence-electron chi connectivity index (χ2n) is 6.75. The van der Waals surface area contributed by atoms with E-state index in [9.17, 15) is 4.79 Å². The number of ether oxygens (including phenoxy) is 1. The van der Waals surface area contributed by atoms with Crippen molar-refractivity contribution < 1.29 is 14.1 Å². The second kappa shape index (κ2) is 10.5. The molecule has 0 bridgehead atoms. The van der Waals surface area contributed by atoms with Crippen molar-refractivity contribution in [3.05, 3.63) is 41.5 Å². The van der Waals surface area contributed by atoms with Crippen LogP contribution >= 0.6 is 11.8 Å². The van der Waals surface area contributed by atoms with Crippen LogP contribution in [0.3, 0.4) is 0 Å². The maximum Gasteiger partial charge on any atom is 0.252 e. The van der Waals surface area contributed by atoms with Gasteiger partial charge in [0.1, 0.15) is 0 Å². The third kappa shape index (κ3) is 6.36. The number of hydrogen-bond donors (Lipinski definition) is 1. The van der Waals surface area contributed by atoms with Crippen LogP contribution in [-0.4, -0.2) is 35.3 Å². The van der Waals surface area contributed by atoms with Crippen molar-refractivity contribution in [2.75, 3.05) is 13.2 Å². The first kappa shape index (κ1) is 19.9. The number of carbonyl (C=O) groups excluding carboxylic acids is 1. The van der Waals surface area contributed by atoms with Crippen LogP contribution in [0.15, 0.2) is 33.7 Å². The number of carbonyl (C=O) groups is 1. The highest BCUT2D eigenvalue weighted by Gasteiger charge is 2.14. The Balaban J connectivity index is 1.42. The minimum Gasteiger partial charge on any atom is -0.378 e. The van der Waals surface area contributed by atoms with E-state index in [1.165, 1.54) is 43.9 Å². The molecule has 0 atom stereocenters. The zero-order chi connectivity index (χ0) is 18.9. The molecule has 1 N–H and O–H groups in total. The van der Waals surface area contributed by atoms with Gasteiger partial charge in [0, 0.05) is 25.0 Å². The summed E-state index contributed by atoms with van der Waals surface area (Å²) >= 11 is 1.53. The molecule has 0 unspecified atom stereocenters. The number of amides is 1. The fourth-order valence-corrected chi connectivity index (χ4v) is 4.07. The van der Waals surface area contributed by atoms with Crippen molar-refractivity contribution in [1.29, 1.82) is 0 Å². The van der Waals surface area contributed by atoms with Gasteiger partial charge in [-0.15, -0.1) is 11.8 Å². The fourth-order valence-electron chi connectivity index (χ4n) is 3.17. The van der Waals surface area contributed by atoms with Crippen LogP contribution in [-0.2, 0) is 10.5 Å². The number of aromatic nitrogens is 2. The van der Waals surface area contributed by atoms with Crippen molar-refractivity contribution in [2.24, 2.45) is 0 Å². The molecule has 1 aliphatic carbocycles. The third-order valence-corrected chi connectivity index (χ3v) is 5.64. The Morgan fingerprint density at radius 3 is 2.89 bits per heavy atom. The molecule has 0 spiro atoms. The summed E-state index contributed by atoms with van der Waals surface area (Å²) in [5.74, 6) is 1.69. The lowest BCUT2D eigenvalue weighted by molar-refractivity contribution is 0.0273. The largest absolute Gasteiger partial charge is 0.378 e. The van der Waals surface area contributed by atoms with E-state index in [2.05, 4.69) is 15.5 Å². The first-order valence-corrected chi connectivity index (χ1v) is 10.6. The van der Waals surface area contributed by atoms with Gasteiger partial charge in [-0.2, -0.15) is 4.98 Å². The molecule has 1 fully saturated rings. The standard InChI is InChI=1S/C20H27N3O3S/c1-15-22-19(23-26-15)14-27-18-11-6-5-10-17(18)20(24)21-12-7-13-25-16-8-3-2-4-9-16/h5-6,10-11,16H,2-4,7-9,12-14H2,1H3,(H,21,24). The monoisotopic (exact) mass is 389 g/mol. The van der Waals surface area contributed by atoms with Crippen LogP contribution in [0.25, 0.3) is 0 Å². The number of aryl methyl sites for hydroxylation is 1. The van der Waals surface area contributed by atoms with Crippen molar-refractivity contribution in [2.45, 2.75) is 62.2 Å². The first-order chi connectivity index (χ1) is 13.2. The Labute approximate surface area is 164 Å². The molecule has 1 saturated carbocycles. The van der Waals surface area contributed by atoms with E-state index >= 15 is 0 Å². The van der Waals surface area contributed by atoms with Gasteiger partial charge in [0.2, 0.25) is 5.89 Å². The lowest BCUT2D eigenvalue weighted by Crippen LogP contribution is -2.26. The topological polar surface area (TPSA) is 77.2 Å². The molecule has 0 radical (unpaired) electrons. The summed E-state index contributed by atoms with van der Waals surface area (Å²) in [6.07, 6.45) is 7.49. The molecule has 2 aromatic rings. The van der Waals surface area contributed by atoms with E-state index in [0.29, 0.717) is 42.3 Å². The summed E-state index contributed by atoms with van der Waals surface area (Å²) < 4.78 is 10.9. The highest BCUT2D eigenvalue weighted by atomic mass is 32.2. The van der Waals surface area contributed by atoms with Crippen molar-refractivity contribution in [1.82, 2.24) is 15.5 Å². The molecule has 1 heterocycles. The highest BCUT2D eigenvalue weighted by molar-refractivity contribution is 7.98. The van der Waals surface area contributed by atoms with Crippen molar-refractivity contribution in [3.8, 4) is 0 Å². The summed E-state index contributed by atoms with van der Waals surface area (Å²) in [5, 5.41) is 6.89. The number of nitrogens with zero attached hydrogens (tertiary/aromatic N) is 2. The summed E-state index contributed by atoms with van der Waals surface area (Å²) in [4.78, 5) is 17.6. The lowest BCUT2D eigenvalue weighted by atomic mass is 9.98. The summed E-state index contributed by atoms with van der Waals surface area (Å²) in [6, 6.07) is 7.60. The van der Waals surface area contributed by atoms with E-state index in [4.69, 9.17) is 9.26 Å². The smallest absolute Gasteiger partial charge is 0.252 e. The lowest BCUT2D eigenvalue weighted by Gasteiger charge is -2.21. The van der Waals surface area contributed by atoms with Crippen LogP contribution in [0.1, 0.15) is 60.6 Å². The predicted octanol–water partition coefficient (Wildman–Crippen LogP) is 4.14. The summed E-state index contributed by atoms with van der Waals surface area (Å²) in [7, 11) is 0. The summed E-state index contributed by atoms with van der Waals surface area (Å²) in [6.45, 7) is 3.09. The SMILES string of the molecule is Cc1nc(CSc2ccccc2C(=O)NCCCOC2CCCCC2)no1. The van der Waals surface area contributed by atoms with Gasteiger partial charge in [-0.05, 0) is 31.4 Å². The van der Waals surface area contributed by atoms with E-state index < -0.39 is 0 Å². The molecule has 1 amide bonds. The Bertz CT molecular complexity index is 729. The van der Waals surface area contributed by atoms with Crippen LogP contribution in [0, 0.1) is 6.92 Å². The molecule has 0 aliphatic heterocycles. The van der Waals surface area contributed by atoms with Gasteiger partial charge in [-0.3, -0.25) is 4.79 Å². The quantitative estimate of drug-likeness (QED) is 0.513. The molecule has 1 aliphatic rings. The highest BCUT2D eigenvalue weighted by Crippen LogP contribution is 2.25. The maximum atomic E-state index is 12.5. The minimum atomic E-state index is -0.0555. The zero-order valence-corrected chi connectivity index (χ0v) is 16.6. The van der Waals surface area contributed by atoms with E-state index in [1.54, 1.807) is 6.92 Å². The number of hydrogen-bond acceptors (Lipinski definition) is 6. The summed E-state index contributed by atoms with van der Waals surface area (Å²) in [5.41, 5.74) is 0.677. The molecule has 146 valence electrons. The Morgan fingerprint density at radius 1 is 1.30 bits per heavy atom. The molecular weight excluding hydrogens is 362 g/mol. The number of thioether (sulfide) groups is 1. The second-order valence-corrected chi connectivity index (χ2v) is 7.77. The Hall–Kier alpha value is -1.86. The van der Waals surface area contributed by atoms with Crippen LogP contribution in [0.4, 0.5) is 0 Å². The Kier molecular flexibility index (Phi) is 7.71. The molecule has 3 rings (SSSR count). The van der Waals surface area contributed by atoms with Gasteiger partial charge < -0.3 is 14.6 Å². The van der Waals surface area contributed by atoms with Crippen LogP contribution < -0.4 is 5.32 Å². The number of benzene rings is 1. The van der Waals surface area contributed by atoms with Gasteiger partial charge in [0.25, 0.3) is 5.91 Å². The molecule has 27 heavy (non-hydrogen) atoms. The normalized spacial score (nSPS) is 15.0. The van der Waals surface area contributed by atoms with E-state index in [1.807, 2.05) is 24.3 Å². The first-order valence-electron chi connectivity index (χ1n) is 9.63. The van der Waals surface area contributed by atoms with Gasteiger partial charge in [0.15, 0.2) is 5.82 Å². The third-order valence-electron chi connectivity index (χ3n) is 4.57. The predicted molar refractivity (Wildman–Crippen MR) is 105 cm³/mol. The molecule has 1 aromatic carbocycles. The Morgan fingerprint density at radius 2 is 2.11 bits per heavy atom. The molecule has 6 nitrogen and oxygen atoms in total. The van der Waals surface area contributed by atoms with Gasteiger partial charge in [0.05, 0.1) is 17.4 Å². The van der Waals surface area contributed by atoms with Gasteiger partial charge in [-0.1, -0.05) is 36.6 Å². The van der Waals surface area contributed by atoms with Gasteiger partial charge >= 0.3 is 0 Å². The number of nitrogens with one attached hydrogen (secondary N) is 1. The number of rotatable bonds is 9. The van der Waals surface area contributed by atoms with Crippen molar-refractivity contribution >= 4 is 17.7 Å². The zero-order valence-electron chi connectivity index (χ0n) is 15.8. The molecule has 7 heteroatoms. The van der Waals surface area contributed by atoms with Crippen molar-refractivity contribution in [3.63, 3.8) is 0 Å². The molecule has 0 saturated heterocycles. The van der Waals surface area contributed by atoms with E-state index in [-0.39, 0.29) is 5.91 Å². The average Bonchev–Trinajstić information content (AvgIpc) is 3.12. The maximum absolute atomic E-state index is 12.5. The minimum absolute atomic E-state index is 0.0555. The van der Waals surface area contributed by atoms with Crippen LogP contribution in [0.5, 0.6) is 0 Å². The molecule has 1 aromatic heterocycles. The molecular formula is C20H27N3O3S. The fraction of sp³-hybridized carbons (Fsp3) is 0.550. The average molecular weight is 390 g/mol.